The van der Waals surface area contributed by atoms with Gasteiger partial charge in [-0.25, -0.2) is 8.42 Å². The van der Waals surface area contributed by atoms with E-state index in [4.69, 9.17) is 4.74 Å². The zero-order valence-electron chi connectivity index (χ0n) is 16.7. The van der Waals surface area contributed by atoms with Gasteiger partial charge in [0, 0.05) is 36.5 Å². The van der Waals surface area contributed by atoms with Gasteiger partial charge in [-0.3, -0.25) is 0 Å². The quantitative estimate of drug-likeness (QED) is 0.760. The molecule has 1 aromatic carbocycles. The predicted octanol–water partition coefficient (Wildman–Crippen LogP) is 1.68. The van der Waals surface area contributed by atoms with Gasteiger partial charge in [-0.05, 0) is 32.2 Å². The van der Waals surface area contributed by atoms with Crippen LogP contribution in [-0.4, -0.2) is 56.7 Å². The van der Waals surface area contributed by atoms with Crippen molar-refractivity contribution >= 4 is 10.0 Å². The van der Waals surface area contributed by atoms with Gasteiger partial charge in [0.15, 0.2) is 0 Å². The Morgan fingerprint density at radius 1 is 1.37 bits per heavy atom. The number of benzene rings is 1. The molecule has 0 aliphatic carbocycles. The number of hydrogen-bond acceptors (Lipinski definition) is 5. The highest BCUT2D eigenvalue weighted by Gasteiger charge is 2.37. The zero-order chi connectivity index (χ0) is 20.2. The molecule has 0 spiro atoms. The van der Waals surface area contributed by atoms with E-state index in [-0.39, 0.29) is 36.0 Å². The Bertz CT molecular complexity index is 811. The molecule has 0 unspecified atom stereocenters. The summed E-state index contributed by atoms with van der Waals surface area (Å²) in [5, 5.41) is 12.7. The molecule has 0 fully saturated rings. The van der Waals surface area contributed by atoms with Crippen LogP contribution in [0.4, 0.5) is 0 Å². The first-order chi connectivity index (χ1) is 12.7. The molecule has 3 atom stereocenters. The number of nitrogens with one attached hydrogen (secondary N) is 1. The number of ether oxygens (including phenoxy) is 1. The molecule has 0 saturated carbocycles. The zero-order valence-corrected chi connectivity index (χ0v) is 17.5. The third-order valence-electron chi connectivity index (χ3n) is 4.58. The summed E-state index contributed by atoms with van der Waals surface area (Å²) in [6.45, 7) is 8.30. The summed E-state index contributed by atoms with van der Waals surface area (Å²) < 4.78 is 34.0. The molecular formula is C20H30N2O4S. The van der Waals surface area contributed by atoms with Crippen LogP contribution in [0, 0.1) is 23.7 Å². The lowest BCUT2D eigenvalue weighted by atomic mass is 10.0. The highest BCUT2D eigenvalue weighted by molar-refractivity contribution is 7.89. The Labute approximate surface area is 163 Å². The molecule has 0 amide bonds. The van der Waals surface area contributed by atoms with Crippen LogP contribution in [0.2, 0.25) is 0 Å². The van der Waals surface area contributed by atoms with Crippen molar-refractivity contribution in [2.45, 2.75) is 44.7 Å². The molecule has 0 bridgehead atoms. The van der Waals surface area contributed by atoms with Crippen LogP contribution in [0.5, 0.6) is 5.75 Å². The number of rotatable bonds is 4. The minimum atomic E-state index is -3.79. The van der Waals surface area contributed by atoms with Crippen LogP contribution in [0.3, 0.4) is 0 Å². The van der Waals surface area contributed by atoms with Gasteiger partial charge in [0.1, 0.15) is 16.7 Å². The summed E-state index contributed by atoms with van der Waals surface area (Å²) in [5.74, 6) is 6.63. The molecule has 2 N–H and O–H groups in total. The number of fused-ring (bicyclic) bond motifs is 1. The van der Waals surface area contributed by atoms with Crippen molar-refractivity contribution in [3.63, 3.8) is 0 Å². The fourth-order valence-corrected chi connectivity index (χ4v) is 4.80. The summed E-state index contributed by atoms with van der Waals surface area (Å²) in [5.41, 5.74) is 0.718. The Balaban J connectivity index is 2.60. The molecule has 2 rings (SSSR count). The average molecular weight is 395 g/mol. The van der Waals surface area contributed by atoms with Gasteiger partial charge < -0.3 is 15.2 Å². The molecule has 1 heterocycles. The Morgan fingerprint density at radius 3 is 2.67 bits per heavy atom. The molecule has 1 aliphatic heterocycles. The Hall–Kier alpha value is -1.59. The standard InChI is InChI=1S/C20H30N2O4S/c1-14(2)6-7-17-8-9-20-18(10-17)26-19(11-21-5)15(3)12-22(16(4)13-23)27(20,24)25/h8-10,14-16,19,21,23H,11-13H2,1-5H3/t15-,16-,19+/m0/s1. The minimum Gasteiger partial charge on any atom is -0.487 e. The van der Waals surface area contributed by atoms with Gasteiger partial charge in [-0.1, -0.05) is 32.6 Å². The first-order valence-electron chi connectivity index (χ1n) is 9.30. The number of aliphatic hydroxyl groups is 1. The molecule has 1 aliphatic rings. The molecule has 1 aromatic rings. The topological polar surface area (TPSA) is 78.9 Å². The number of nitrogens with zero attached hydrogens (tertiary/aromatic N) is 1. The van der Waals surface area contributed by atoms with Crippen molar-refractivity contribution in [2.24, 2.45) is 11.8 Å². The molecule has 6 nitrogen and oxygen atoms in total. The summed E-state index contributed by atoms with van der Waals surface area (Å²) in [4.78, 5) is 0.117. The largest absolute Gasteiger partial charge is 0.487 e. The number of likely N-dealkylation sites (N-methyl/N-ethyl adjacent to an activating group) is 1. The lowest BCUT2D eigenvalue weighted by Crippen LogP contribution is -2.49. The second-order valence-electron chi connectivity index (χ2n) is 7.38. The van der Waals surface area contributed by atoms with E-state index in [9.17, 15) is 13.5 Å². The van der Waals surface area contributed by atoms with E-state index >= 15 is 0 Å². The van der Waals surface area contributed by atoms with E-state index < -0.39 is 16.1 Å². The number of hydrogen-bond donors (Lipinski definition) is 2. The van der Waals surface area contributed by atoms with Gasteiger partial charge in [-0.2, -0.15) is 4.31 Å². The molecule has 27 heavy (non-hydrogen) atoms. The Kier molecular flexibility index (Phi) is 7.29. The van der Waals surface area contributed by atoms with E-state index in [0.717, 1.165) is 5.56 Å². The second kappa shape index (κ2) is 9.07. The first kappa shape index (κ1) is 21.7. The van der Waals surface area contributed by atoms with Gasteiger partial charge >= 0.3 is 0 Å². The van der Waals surface area contributed by atoms with Crippen molar-refractivity contribution in [1.29, 1.82) is 0 Å². The summed E-state index contributed by atoms with van der Waals surface area (Å²) in [7, 11) is -1.96. The molecule has 0 aromatic heterocycles. The summed E-state index contributed by atoms with van der Waals surface area (Å²) in [6, 6.07) is 4.44. The van der Waals surface area contributed by atoms with Crippen molar-refractivity contribution < 1.29 is 18.3 Å². The molecule has 150 valence electrons. The lowest BCUT2D eigenvalue weighted by Gasteiger charge is -2.36. The van der Waals surface area contributed by atoms with Crippen LogP contribution >= 0.6 is 0 Å². The molecular weight excluding hydrogens is 364 g/mol. The average Bonchev–Trinajstić information content (AvgIpc) is 2.62. The molecule has 7 heteroatoms. The van der Waals surface area contributed by atoms with Gasteiger partial charge in [-0.15, -0.1) is 0 Å². The first-order valence-corrected chi connectivity index (χ1v) is 10.7. The maximum absolute atomic E-state index is 13.2. The van der Waals surface area contributed by atoms with E-state index in [0.29, 0.717) is 12.3 Å². The molecule has 0 saturated heterocycles. The van der Waals surface area contributed by atoms with E-state index in [1.54, 1.807) is 25.1 Å². The number of aliphatic hydroxyl groups excluding tert-OH is 1. The van der Waals surface area contributed by atoms with Gasteiger partial charge in [0.25, 0.3) is 0 Å². The van der Waals surface area contributed by atoms with Crippen LogP contribution in [0.25, 0.3) is 0 Å². The summed E-state index contributed by atoms with van der Waals surface area (Å²) >= 11 is 0. The van der Waals surface area contributed by atoms with Crippen molar-refractivity contribution in [2.75, 3.05) is 26.7 Å². The van der Waals surface area contributed by atoms with E-state index in [1.165, 1.54) is 4.31 Å². The second-order valence-corrected chi connectivity index (χ2v) is 9.24. The van der Waals surface area contributed by atoms with Crippen LogP contribution in [-0.2, 0) is 10.0 Å². The maximum Gasteiger partial charge on any atom is 0.247 e. The van der Waals surface area contributed by atoms with Crippen LogP contribution in [0.1, 0.15) is 33.3 Å². The van der Waals surface area contributed by atoms with Gasteiger partial charge in [0.05, 0.1) is 6.61 Å². The predicted molar refractivity (Wildman–Crippen MR) is 106 cm³/mol. The third kappa shape index (κ3) is 5.02. The summed E-state index contributed by atoms with van der Waals surface area (Å²) in [6.07, 6.45) is -0.203. The van der Waals surface area contributed by atoms with Crippen molar-refractivity contribution in [3.05, 3.63) is 23.8 Å². The third-order valence-corrected chi connectivity index (χ3v) is 6.60. The van der Waals surface area contributed by atoms with Crippen LogP contribution < -0.4 is 10.1 Å². The van der Waals surface area contributed by atoms with Gasteiger partial charge in [0.2, 0.25) is 10.0 Å². The highest BCUT2D eigenvalue weighted by Crippen LogP contribution is 2.33. The molecule has 0 radical (unpaired) electrons. The minimum absolute atomic E-state index is 0.0558. The number of sulfonamides is 1. The van der Waals surface area contributed by atoms with Crippen molar-refractivity contribution in [3.8, 4) is 17.6 Å². The Morgan fingerprint density at radius 2 is 2.07 bits per heavy atom. The van der Waals surface area contributed by atoms with Crippen molar-refractivity contribution in [1.82, 2.24) is 9.62 Å². The fourth-order valence-electron chi connectivity index (χ4n) is 2.98. The highest BCUT2D eigenvalue weighted by atomic mass is 32.2. The lowest BCUT2D eigenvalue weighted by molar-refractivity contribution is 0.103. The SMILES string of the molecule is CNC[C@H]1Oc2cc(C#CC(C)C)ccc2S(=O)(=O)N([C@@H](C)CO)C[C@@H]1C. The smallest absolute Gasteiger partial charge is 0.247 e. The van der Waals surface area contributed by atoms with E-state index in [2.05, 4.69) is 17.2 Å². The van der Waals surface area contributed by atoms with Crippen LogP contribution in [0.15, 0.2) is 23.1 Å². The normalized spacial score (nSPS) is 23.4. The fraction of sp³-hybridized carbons (Fsp3) is 0.600. The van der Waals surface area contributed by atoms with E-state index in [1.807, 2.05) is 27.8 Å². The monoisotopic (exact) mass is 394 g/mol. The maximum atomic E-state index is 13.2.